The number of fused-ring (bicyclic) bond motifs is 1. The molecule has 5 heteroatoms. The maximum Gasteiger partial charge on any atom is 0.115 e. The van der Waals surface area contributed by atoms with Crippen LogP contribution in [-0.2, 0) is 13.1 Å². The number of likely N-dealkylation sites (N-methyl/N-ethyl adjacent to an activating group) is 1. The lowest BCUT2D eigenvalue weighted by Gasteiger charge is -2.36. The maximum atomic E-state index is 13.1. The Morgan fingerprint density at radius 3 is 2.69 bits per heavy atom. The second-order valence-electron chi connectivity index (χ2n) is 7.97. The van der Waals surface area contributed by atoms with Crippen LogP contribution in [0.25, 0.3) is 0 Å². The Morgan fingerprint density at radius 1 is 1.21 bits per heavy atom. The van der Waals surface area contributed by atoms with E-state index in [9.17, 15) is 9.50 Å². The Hall–Kier alpha value is -1.95. The average Bonchev–Trinajstić information content (AvgIpc) is 2.76. The molecule has 0 fully saturated rings. The van der Waals surface area contributed by atoms with Gasteiger partial charge in [-0.2, -0.15) is 0 Å². The molecule has 0 saturated carbocycles. The number of benzene rings is 2. The zero-order valence-electron chi connectivity index (χ0n) is 17.2. The summed E-state index contributed by atoms with van der Waals surface area (Å²) in [5.74, 6) is 0.322. The Balaban J connectivity index is 1.72. The molecule has 3 rings (SSSR count). The fraction of sp³-hybridized carbons (Fsp3) is 0.500. The number of hydrogen-bond donors (Lipinski definition) is 3. The Labute approximate surface area is 173 Å². The van der Waals surface area contributed by atoms with Crippen molar-refractivity contribution in [2.24, 2.45) is 5.92 Å². The summed E-state index contributed by atoms with van der Waals surface area (Å²) < 4.78 is 13.1. The fourth-order valence-corrected chi connectivity index (χ4v) is 4.33. The molecule has 0 spiro atoms. The second-order valence-corrected chi connectivity index (χ2v) is 7.97. The zero-order valence-corrected chi connectivity index (χ0v) is 17.2. The molecule has 0 aliphatic carbocycles. The average molecular weight is 401 g/mol. The summed E-state index contributed by atoms with van der Waals surface area (Å²) >= 11 is 0. The molecular weight excluding hydrogens is 367 g/mol. The highest BCUT2D eigenvalue weighted by molar-refractivity contribution is 5.56. The van der Waals surface area contributed by atoms with Crippen LogP contribution in [0.5, 0.6) is 0 Å². The van der Waals surface area contributed by atoms with E-state index in [1.54, 1.807) is 0 Å². The third-order valence-electron chi connectivity index (χ3n) is 5.95. The van der Waals surface area contributed by atoms with E-state index in [4.69, 9.17) is 5.11 Å². The van der Waals surface area contributed by atoms with E-state index in [-0.39, 0.29) is 12.6 Å². The van der Waals surface area contributed by atoms with E-state index in [0.717, 1.165) is 30.6 Å². The van der Waals surface area contributed by atoms with Crippen molar-refractivity contribution >= 4 is 5.69 Å². The Morgan fingerprint density at radius 2 is 2.00 bits per heavy atom. The standard InChI is InChI=1S/C24H33FN2O2/c1-2-27(12-13-28)17-22(29)10-9-20-15-21-14-18(16-25)8-11-23(21)26-24(20)19-6-4-3-5-7-19/h3-8,11,14,20,22,24,26,28-29H,2,9-10,12-13,15-17H2,1H3/t20-,22-,24?/m0/s1. The molecule has 3 N–H and O–H groups in total. The van der Waals surface area contributed by atoms with Crippen molar-refractivity contribution in [1.82, 2.24) is 4.90 Å². The van der Waals surface area contributed by atoms with E-state index in [1.165, 1.54) is 5.56 Å². The molecule has 1 heterocycles. The van der Waals surface area contributed by atoms with E-state index < -0.39 is 12.8 Å². The summed E-state index contributed by atoms with van der Waals surface area (Å²) in [5.41, 5.74) is 4.18. The van der Waals surface area contributed by atoms with Crippen LogP contribution in [0, 0.1) is 5.92 Å². The summed E-state index contributed by atoms with van der Waals surface area (Å²) in [4.78, 5) is 2.07. The molecule has 2 aromatic rings. The van der Waals surface area contributed by atoms with Crippen LogP contribution in [-0.4, -0.2) is 47.5 Å². The van der Waals surface area contributed by atoms with Crippen LogP contribution in [0.4, 0.5) is 10.1 Å². The van der Waals surface area contributed by atoms with E-state index in [2.05, 4.69) is 34.5 Å². The number of aliphatic hydroxyl groups is 2. The highest BCUT2D eigenvalue weighted by Crippen LogP contribution is 2.39. The molecule has 4 nitrogen and oxygen atoms in total. The van der Waals surface area contributed by atoms with Crippen LogP contribution in [0.15, 0.2) is 48.5 Å². The minimum absolute atomic E-state index is 0.108. The summed E-state index contributed by atoms with van der Waals surface area (Å²) in [6.45, 7) is 3.68. The zero-order chi connectivity index (χ0) is 20.6. The molecule has 0 radical (unpaired) electrons. The highest BCUT2D eigenvalue weighted by atomic mass is 19.1. The summed E-state index contributed by atoms with van der Waals surface area (Å²) in [6, 6.07) is 16.4. The molecule has 1 aliphatic rings. The highest BCUT2D eigenvalue weighted by Gasteiger charge is 2.29. The van der Waals surface area contributed by atoms with Gasteiger partial charge in [0.1, 0.15) is 6.67 Å². The summed E-state index contributed by atoms with van der Waals surface area (Å²) in [6.07, 6.45) is 2.03. The molecule has 0 bridgehead atoms. The van der Waals surface area contributed by atoms with Gasteiger partial charge in [0.05, 0.1) is 18.8 Å². The van der Waals surface area contributed by atoms with Gasteiger partial charge in [0.15, 0.2) is 0 Å². The van der Waals surface area contributed by atoms with Crippen molar-refractivity contribution in [3.8, 4) is 0 Å². The van der Waals surface area contributed by atoms with Gasteiger partial charge >= 0.3 is 0 Å². The molecule has 29 heavy (non-hydrogen) atoms. The van der Waals surface area contributed by atoms with Gasteiger partial charge in [-0.25, -0.2) is 4.39 Å². The second kappa shape index (κ2) is 10.7. The molecule has 0 aromatic heterocycles. The predicted molar refractivity (Wildman–Crippen MR) is 116 cm³/mol. The smallest absolute Gasteiger partial charge is 0.115 e. The molecule has 1 unspecified atom stereocenters. The van der Waals surface area contributed by atoms with Crippen molar-refractivity contribution in [3.63, 3.8) is 0 Å². The van der Waals surface area contributed by atoms with Crippen LogP contribution >= 0.6 is 0 Å². The van der Waals surface area contributed by atoms with Crippen molar-refractivity contribution < 1.29 is 14.6 Å². The van der Waals surface area contributed by atoms with Gasteiger partial charge in [0.2, 0.25) is 0 Å². The van der Waals surface area contributed by atoms with Crippen LogP contribution in [0.1, 0.15) is 42.5 Å². The topological polar surface area (TPSA) is 55.7 Å². The van der Waals surface area contributed by atoms with Gasteiger partial charge in [0, 0.05) is 18.8 Å². The monoisotopic (exact) mass is 400 g/mol. The van der Waals surface area contributed by atoms with Gasteiger partial charge in [-0.3, -0.25) is 4.90 Å². The van der Waals surface area contributed by atoms with Crippen molar-refractivity contribution in [2.75, 3.05) is 31.6 Å². The molecule has 2 aromatic carbocycles. The Kier molecular flexibility index (Phi) is 8.04. The molecule has 1 aliphatic heterocycles. The van der Waals surface area contributed by atoms with Gasteiger partial charge < -0.3 is 15.5 Å². The first-order valence-corrected chi connectivity index (χ1v) is 10.6. The van der Waals surface area contributed by atoms with Crippen molar-refractivity contribution in [1.29, 1.82) is 0 Å². The van der Waals surface area contributed by atoms with Gasteiger partial charge in [-0.05, 0) is 54.5 Å². The number of aliphatic hydroxyl groups excluding tert-OH is 2. The van der Waals surface area contributed by atoms with Crippen molar-refractivity contribution in [2.45, 2.75) is 45.0 Å². The number of nitrogens with zero attached hydrogens (tertiary/aromatic N) is 1. The van der Waals surface area contributed by atoms with E-state index in [1.807, 2.05) is 31.2 Å². The van der Waals surface area contributed by atoms with Crippen LogP contribution < -0.4 is 5.32 Å². The summed E-state index contributed by atoms with van der Waals surface area (Å²) in [5, 5.41) is 23.4. The molecule has 0 amide bonds. The predicted octanol–water partition coefficient (Wildman–Crippen LogP) is 3.94. The molecule has 158 valence electrons. The fourth-order valence-electron chi connectivity index (χ4n) is 4.33. The number of alkyl halides is 1. The molecule has 0 saturated heterocycles. The first-order chi connectivity index (χ1) is 14.1. The first-order valence-electron chi connectivity index (χ1n) is 10.6. The van der Waals surface area contributed by atoms with Gasteiger partial charge in [0.25, 0.3) is 0 Å². The third kappa shape index (κ3) is 5.78. The lowest BCUT2D eigenvalue weighted by Crippen LogP contribution is -2.35. The normalized spacial score (nSPS) is 19.6. The number of hydrogen-bond acceptors (Lipinski definition) is 4. The minimum Gasteiger partial charge on any atom is -0.395 e. The molecular formula is C24H33FN2O2. The number of rotatable bonds is 10. The SMILES string of the molecule is CCN(CCO)C[C@@H](O)CC[C@H]1Cc2cc(CF)ccc2NC1c1ccccc1. The van der Waals surface area contributed by atoms with E-state index in [0.29, 0.717) is 31.0 Å². The quantitative estimate of drug-likeness (QED) is 0.566. The van der Waals surface area contributed by atoms with Crippen LogP contribution in [0.2, 0.25) is 0 Å². The first kappa shape index (κ1) is 21.8. The summed E-state index contributed by atoms with van der Waals surface area (Å²) in [7, 11) is 0. The third-order valence-corrected chi connectivity index (χ3v) is 5.95. The van der Waals surface area contributed by atoms with E-state index >= 15 is 0 Å². The van der Waals surface area contributed by atoms with Gasteiger partial charge in [-0.15, -0.1) is 0 Å². The number of nitrogens with one attached hydrogen (secondary N) is 1. The minimum atomic E-state index is -0.448. The number of anilines is 1. The largest absolute Gasteiger partial charge is 0.395 e. The lowest BCUT2D eigenvalue weighted by atomic mass is 9.80. The Bertz CT molecular complexity index is 756. The lowest BCUT2D eigenvalue weighted by molar-refractivity contribution is 0.0903. The van der Waals surface area contributed by atoms with Crippen LogP contribution in [0.3, 0.4) is 0 Å². The molecule has 3 atom stereocenters. The van der Waals surface area contributed by atoms with Crippen molar-refractivity contribution in [3.05, 3.63) is 65.2 Å². The maximum absolute atomic E-state index is 13.1. The van der Waals surface area contributed by atoms with Gasteiger partial charge in [-0.1, -0.05) is 49.4 Å². The number of halogens is 1.